The number of benzene rings is 2. The van der Waals surface area contributed by atoms with Crippen LogP contribution in [0.3, 0.4) is 0 Å². The predicted octanol–water partition coefficient (Wildman–Crippen LogP) is 2.88. The van der Waals surface area contributed by atoms with Crippen LogP contribution in [-0.2, 0) is 17.8 Å². The number of rotatable bonds is 8. The van der Waals surface area contributed by atoms with Crippen LogP contribution in [0.5, 0.6) is 0 Å². The zero-order valence-electron chi connectivity index (χ0n) is 17.5. The Balaban J connectivity index is 1.20. The highest BCUT2D eigenvalue weighted by Gasteiger charge is 2.21. The lowest BCUT2D eigenvalue weighted by Crippen LogP contribution is -2.32. The van der Waals surface area contributed by atoms with Gasteiger partial charge in [0.2, 0.25) is 0 Å². The van der Waals surface area contributed by atoms with Crippen molar-refractivity contribution in [2.75, 3.05) is 19.7 Å². The van der Waals surface area contributed by atoms with Crippen molar-refractivity contribution in [2.24, 2.45) is 0 Å². The van der Waals surface area contributed by atoms with Gasteiger partial charge in [-0.1, -0.05) is 53.7 Å². The van der Waals surface area contributed by atoms with E-state index >= 15 is 0 Å². The molecule has 4 rings (SSSR count). The number of ether oxygens (including phenoxy) is 1. The molecular formula is C24H28N4O3. The molecule has 0 spiro atoms. The number of esters is 1. The minimum atomic E-state index is -0.844. The summed E-state index contributed by atoms with van der Waals surface area (Å²) in [6.07, 6.45) is 3.29. The lowest BCUT2D eigenvalue weighted by atomic mass is 9.89. The number of hydrogen-bond acceptors (Lipinski definition) is 6. The van der Waals surface area contributed by atoms with E-state index in [2.05, 4.69) is 45.5 Å². The van der Waals surface area contributed by atoms with Crippen LogP contribution in [0, 0.1) is 0 Å². The highest BCUT2D eigenvalue weighted by Crippen LogP contribution is 2.28. The Kier molecular flexibility index (Phi) is 7.07. The minimum absolute atomic E-state index is 0.0874. The van der Waals surface area contributed by atoms with Crippen LogP contribution in [0.25, 0.3) is 0 Å². The summed E-state index contributed by atoms with van der Waals surface area (Å²) in [5.41, 5.74) is 2.77. The molecule has 162 valence electrons. The fourth-order valence-electron chi connectivity index (χ4n) is 3.98. The van der Waals surface area contributed by atoms with Crippen molar-refractivity contribution < 1.29 is 14.6 Å². The predicted molar refractivity (Wildman–Crippen MR) is 116 cm³/mol. The Bertz CT molecular complexity index is 953. The maximum absolute atomic E-state index is 12.0. The second kappa shape index (κ2) is 10.3. The van der Waals surface area contributed by atoms with Gasteiger partial charge in [-0.3, -0.25) is 4.90 Å². The maximum atomic E-state index is 12.0. The van der Waals surface area contributed by atoms with Crippen LogP contribution in [0.4, 0.5) is 0 Å². The number of carbonyl (C=O) groups is 1. The number of carbonyl (C=O) groups excluding carboxylic acids is 1. The number of piperidine rings is 1. The molecule has 0 amide bonds. The van der Waals surface area contributed by atoms with Gasteiger partial charge in [-0.25, -0.2) is 9.48 Å². The summed E-state index contributed by atoms with van der Waals surface area (Å²) >= 11 is 0. The van der Waals surface area contributed by atoms with Crippen molar-refractivity contribution in [1.29, 1.82) is 0 Å². The highest BCUT2D eigenvalue weighted by molar-refractivity contribution is 5.89. The summed E-state index contributed by atoms with van der Waals surface area (Å²) in [4.78, 5) is 14.4. The lowest BCUT2D eigenvalue weighted by Gasteiger charge is -2.31. The van der Waals surface area contributed by atoms with Gasteiger partial charge in [0, 0.05) is 12.7 Å². The number of hydrogen-bond donors (Lipinski definition) is 1. The van der Waals surface area contributed by atoms with E-state index < -0.39 is 12.1 Å². The van der Waals surface area contributed by atoms with Crippen LogP contribution in [-0.4, -0.2) is 56.8 Å². The first-order valence-electron chi connectivity index (χ1n) is 10.7. The van der Waals surface area contributed by atoms with E-state index in [9.17, 15) is 9.90 Å². The molecule has 0 radical (unpaired) electrons. The molecule has 1 unspecified atom stereocenters. The standard InChI is InChI=1S/C24H28N4O3/c29-23(18-31-24(30)21-9-5-2-6-10-21)17-28-16-22(25-26-28)15-27-13-11-20(12-14-27)19-7-3-1-4-8-19/h1-10,16,20,23,29H,11-15,17-18H2. The first-order valence-corrected chi connectivity index (χ1v) is 10.7. The van der Waals surface area contributed by atoms with Gasteiger partial charge < -0.3 is 9.84 Å². The van der Waals surface area contributed by atoms with E-state index in [-0.39, 0.29) is 13.2 Å². The van der Waals surface area contributed by atoms with E-state index in [1.165, 1.54) is 5.56 Å². The molecule has 1 saturated heterocycles. The van der Waals surface area contributed by atoms with Crippen LogP contribution < -0.4 is 0 Å². The molecule has 1 aliphatic heterocycles. The van der Waals surface area contributed by atoms with Gasteiger partial charge >= 0.3 is 5.97 Å². The topological polar surface area (TPSA) is 80.5 Å². The van der Waals surface area contributed by atoms with Crippen molar-refractivity contribution >= 4 is 5.97 Å². The van der Waals surface area contributed by atoms with Gasteiger partial charge in [-0.2, -0.15) is 0 Å². The molecule has 0 aliphatic carbocycles. The fourth-order valence-corrected chi connectivity index (χ4v) is 3.98. The zero-order valence-corrected chi connectivity index (χ0v) is 17.5. The molecule has 7 nitrogen and oxygen atoms in total. The Morgan fingerprint density at radius 1 is 1.06 bits per heavy atom. The van der Waals surface area contributed by atoms with Crippen molar-refractivity contribution in [3.63, 3.8) is 0 Å². The summed E-state index contributed by atoms with van der Waals surface area (Å²) in [7, 11) is 0. The van der Waals surface area contributed by atoms with E-state index in [4.69, 9.17) is 4.74 Å². The quantitative estimate of drug-likeness (QED) is 0.565. The number of aliphatic hydroxyl groups excluding tert-OH is 1. The molecule has 2 heterocycles. The second-order valence-electron chi connectivity index (χ2n) is 8.01. The Morgan fingerprint density at radius 2 is 1.74 bits per heavy atom. The van der Waals surface area contributed by atoms with Gasteiger partial charge in [0.15, 0.2) is 0 Å². The third-order valence-corrected chi connectivity index (χ3v) is 5.64. The van der Waals surface area contributed by atoms with Gasteiger partial charge in [-0.05, 0) is 49.5 Å². The highest BCUT2D eigenvalue weighted by atomic mass is 16.5. The Morgan fingerprint density at radius 3 is 2.45 bits per heavy atom. The fraction of sp³-hybridized carbons (Fsp3) is 0.375. The Labute approximate surface area is 182 Å². The summed E-state index contributed by atoms with van der Waals surface area (Å²) in [6.45, 7) is 2.95. The molecule has 1 atom stereocenters. The minimum Gasteiger partial charge on any atom is -0.459 e. The smallest absolute Gasteiger partial charge is 0.338 e. The first-order chi connectivity index (χ1) is 15.2. The number of aromatic nitrogens is 3. The van der Waals surface area contributed by atoms with Gasteiger partial charge in [0.25, 0.3) is 0 Å². The third kappa shape index (κ3) is 5.99. The summed E-state index contributed by atoms with van der Waals surface area (Å²) in [6, 6.07) is 19.5. The molecule has 7 heteroatoms. The van der Waals surface area contributed by atoms with Crippen molar-refractivity contribution in [1.82, 2.24) is 19.9 Å². The second-order valence-corrected chi connectivity index (χ2v) is 8.01. The summed E-state index contributed by atoms with van der Waals surface area (Å²) in [5, 5.41) is 18.5. The van der Waals surface area contributed by atoms with Crippen LogP contribution in [0.1, 0.15) is 40.4 Å². The summed E-state index contributed by atoms with van der Waals surface area (Å²) < 4.78 is 6.78. The molecule has 1 aliphatic rings. The molecule has 2 aromatic carbocycles. The van der Waals surface area contributed by atoms with Crippen LogP contribution in [0.15, 0.2) is 66.9 Å². The van der Waals surface area contributed by atoms with Gasteiger partial charge in [0.1, 0.15) is 12.7 Å². The Hall–Kier alpha value is -3.03. The zero-order chi connectivity index (χ0) is 21.5. The molecule has 0 bridgehead atoms. The molecule has 0 saturated carbocycles. The monoisotopic (exact) mass is 420 g/mol. The van der Waals surface area contributed by atoms with E-state index in [1.54, 1.807) is 28.9 Å². The molecule has 1 fully saturated rings. The van der Waals surface area contributed by atoms with E-state index in [1.807, 2.05) is 12.3 Å². The lowest BCUT2D eigenvalue weighted by molar-refractivity contribution is 0.0207. The number of nitrogens with zero attached hydrogens (tertiary/aromatic N) is 4. The summed E-state index contributed by atoms with van der Waals surface area (Å²) in [5.74, 6) is 0.180. The normalized spacial score (nSPS) is 16.2. The first kappa shape index (κ1) is 21.2. The van der Waals surface area contributed by atoms with Crippen molar-refractivity contribution in [3.05, 3.63) is 83.7 Å². The molecule has 1 N–H and O–H groups in total. The van der Waals surface area contributed by atoms with Gasteiger partial charge in [-0.15, -0.1) is 5.10 Å². The largest absolute Gasteiger partial charge is 0.459 e. The average molecular weight is 421 g/mol. The number of likely N-dealkylation sites (tertiary alicyclic amines) is 1. The molecule has 3 aromatic rings. The number of aliphatic hydroxyl groups is 1. The van der Waals surface area contributed by atoms with Crippen LogP contribution >= 0.6 is 0 Å². The van der Waals surface area contributed by atoms with Crippen molar-refractivity contribution in [2.45, 2.75) is 38.0 Å². The molecule has 1 aromatic heterocycles. The maximum Gasteiger partial charge on any atom is 0.338 e. The molecule has 31 heavy (non-hydrogen) atoms. The van der Waals surface area contributed by atoms with E-state index in [0.29, 0.717) is 11.5 Å². The van der Waals surface area contributed by atoms with Crippen molar-refractivity contribution in [3.8, 4) is 0 Å². The SMILES string of the molecule is O=C(OCC(O)Cn1cc(CN2CCC(c3ccccc3)CC2)nn1)c1ccccc1. The molecular weight excluding hydrogens is 392 g/mol. The van der Waals surface area contributed by atoms with Gasteiger partial charge in [0.05, 0.1) is 17.8 Å². The average Bonchev–Trinajstić information content (AvgIpc) is 3.25. The van der Waals surface area contributed by atoms with Crippen LogP contribution in [0.2, 0.25) is 0 Å². The van der Waals surface area contributed by atoms with E-state index in [0.717, 1.165) is 38.2 Å². The third-order valence-electron chi connectivity index (χ3n) is 5.64.